The first-order chi connectivity index (χ1) is 15.6. The van der Waals surface area contributed by atoms with Crippen LogP contribution in [0.1, 0.15) is 38.1 Å². The van der Waals surface area contributed by atoms with Crippen LogP contribution in [0, 0.1) is 22.9 Å². The van der Waals surface area contributed by atoms with Gasteiger partial charge in [0.15, 0.2) is 0 Å². The average Bonchev–Trinajstić information content (AvgIpc) is 3.16. The predicted octanol–water partition coefficient (Wildman–Crippen LogP) is 4.43. The van der Waals surface area contributed by atoms with E-state index in [-0.39, 0.29) is 41.2 Å². The average molecular weight is 476 g/mol. The van der Waals surface area contributed by atoms with E-state index < -0.39 is 14.9 Å². The van der Waals surface area contributed by atoms with Gasteiger partial charge in [0, 0.05) is 30.4 Å². The first-order valence-corrected chi connectivity index (χ1v) is 11.9. The largest absolute Gasteiger partial charge is 0.373 e. The van der Waals surface area contributed by atoms with Crippen molar-refractivity contribution in [1.29, 1.82) is 0 Å². The molecule has 1 aromatic heterocycles. The van der Waals surface area contributed by atoms with Gasteiger partial charge in [0.05, 0.1) is 27.7 Å². The van der Waals surface area contributed by atoms with Crippen LogP contribution in [0.25, 0.3) is 5.69 Å². The van der Waals surface area contributed by atoms with E-state index in [9.17, 15) is 22.9 Å². The molecule has 11 heteroatoms. The van der Waals surface area contributed by atoms with Gasteiger partial charge >= 0.3 is 0 Å². The van der Waals surface area contributed by atoms with E-state index in [0.717, 1.165) is 17.3 Å². The third-order valence-corrected chi connectivity index (χ3v) is 7.51. The van der Waals surface area contributed by atoms with Crippen LogP contribution < -0.4 is 5.32 Å². The molecule has 0 saturated heterocycles. The van der Waals surface area contributed by atoms with E-state index in [1.807, 2.05) is 13.8 Å². The van der Waals surface area contributed by atoms with Crippen LogP contribution in [0.2, 0.25) is 0 Å². The van der Waals surface area contributed by atoms with Gasteiger partial charge in [0.2, 0.25) is 10.0 Å². The van der Waals surface area contributed by atoms with Crippen molar-refractivity contribution in [3.05, 3.63) is 75.9 Å². The van der Waals surface area contributed by atoms with Crippen LogP contribution in [0.4, 0.5) is 15.8 Å². The fourth-order valence-corrected chi connectivity index (χ4v) is 5.14. The zero-order valence-corrected chi connectivity index (χ0v) is 19.6. The van der Waals surface area contributed by atoms with Gasteiger partial charge in [0.1, 0.15) is 11.5 Å². The van der Waals surface area contributed by atoms with Crippen LogP contribution >= 0.6 is 0 Å². The molecule has 3 aromatic rings. The van der Waals surface area contributed by atoms with Gasteiger partial charge in [-0.15, -0.1) is 0 Å². The summed E-state index contributed by atoms with van der Waals surface area (Å²) in [7, 11) is -3.83. The summed E-state index contributed by atoms with van der Waals surface area (Å²) in [6.45, 7) is 7.62. The summed E-state index contributed by atoms with van der Waals surface area (Å²) in [5, 5.41) is 19.2. The molecule has 1 N–H and O–H groups in total. The number of rotatable bonds is 9. The number of nitro groups is 1. The van der Waals surface area contributed by atoms with E-state index in [1.165, 1.54) is 28.6 Å². The number of nitrogens with zero attached hydrogens (tertiary/aromatic N) is 4. The summed E-state index contributed by atoms with van der Waals surface area (Å²) in [5.74, 6) is -0.349. The standard InChI is InChI=1S/C22H26FN5O4S/c1-5-26(6-2)33(31,32)19-11-12-21(22(13-19)28(29)30)25-15(3)20-14-24-27(16(20)4)18-9-7-17(23)8-10-18/h7-15,25H,5-6H2,1-4H3. The third-order valence-electron chi connectivity index (χ3n) is 5.47. The lowest BCUT2D eigenvalue weighted by molar-refractivity contribution is -0.384. The number of hydrogen-bond donors (Lipinski definition) is 1. The van der Waals surface area contributed by atoms with Crippen molar-refractivity contribution >= 4 is 21.4 Å². The van der Waals surface area contributed by atoms with E-state index in [2.05, 4.69) is 10.4 Å². The molecule has 0 aliphatic rings. The molecule has 9 nitrogen and oxygen atoms in total. The maximum atomic E-state index is 13.2. The van der Waals surface area contributed by atoms with Gasteiger partial charge < -0.3 is 5.32 Å². The Kier molecular flexibility index (Phi) is 7.13. The van der Waals surface area contributed by atoms with Crippen molar-refractivity contribution in [3.8, 4) is 5.69 Å². The molecule has 1 atom stereocenters. The SMILES string of the molecule is CCN(CC)S(=O)(=O)c1ccc(NC(C)c2cnn(-c3ccc(F)cc3)c2C)c([N+](=O)[O-])c1. The van der Waals surface area contributed by atoms with Gasteiger partial charge in [-0.05, 0) is 50.2 Å². The lowest BCUT2D eigenvalue weighted by Gasteiger charge is -2.19. The van der Waals surface area contributed by atoms with Gasteiger partial charge in [-0.3, -0.25) is 10.1 Å². The molecule has 0 fully saturated rings. The summed E-state index contributed by atoms with van der Waals surface area (Å²) in [4.78, 5) is 11.0. The third kappa shape index (κ3) is 4.88. The molecule has 0 aliphatic carbocycles. The molecule has 0 bridgehead atoms. The van der Waals surface area contributed by atoms with Gasteiger partial charge in [0.25, 0.3) is 5.69 Å². The van der Waals surface area contributed by atoms with Crippen molar-refractivity contribution < 1.29 is 17.7 Å². The minimum atomic E-state index is -3.83. The number of nitrogens with one attached hydrogen (secondary N) is 1. The highest BCUT2D eigenvalue weighted by atomic mass is 32.2. The van der Waals surface area contributed by atoms with Crippen molar-refractivity contribution in [2.45, 2.75) is 38.6 Å². The smallest absolute Gasteiger partial charge is 0.293 e. The second kappa shape index (κ2) is 9.67. The monoisotopic (exact) mass is 475 g/mol. The van der Waals surface area contributed by atoms with Gasteiger partial charge in [-0.2, -0.15) is 9.40 Å². The number of aromatic nitrogens is 2. The van der Waals surface area contributed by atoms with Crippen molar-refractivity contribution in [2.24, 2.45) is 0 Å². The van der Waals surface area contributed by atoms with Crippen LogP contribution in [-0.4, -0.2) is 40.5 Å². The van der Waals surface area contributed by atoms with E-state index in [4.69, 9.17) is 0 Å². The minimum Gasteiger partial charge on any atom is -0.373 e. The summed E-state index contributed by atoms with van der Waals surface area (Å²) in [6.07, 6.45) is 1.64. The van der Waals surface area contributed by atoms with Gasteiger partial charge in [-0.1, -0.05) is 13.8 Å². The molecule has 0 radical (unpaired) electrons. The number of sulfonamides is 1. The molecule has 3 rings (SSSR count). The molecular weight excluding hydrogens is 449 g/mol. The Bertz CT molecular complexity index is 1250. The highest BCUT2D eigenvalue weighted by molar-refractivity contribution is 7.89. The Morgan fingerprint density at radius 2 is 1.82 bits per heavy atom. The van der Waals surface area contributed by atoms with Crippen LogP contribution in [-0.2, 0) is 10.0 Å². The Balaban J connectivity index is 1.92. The van der Waals surface area contributed by atoms with E-state index in [0.29, 0.717) is 5.69 Å². The topological polar surface area (TPSA) is 110 Å². The predicted molar refractivity (Wildman–Crippen MR) is 123 cm³/mol. The summed E-state index contributed by atoms with van der Waals surface area (Å²) in [6, 6.07) is 9.38. The fraction of sp³-hybridized carbons (Fsp3) is 0.318. The Hall–Kier alpha value is -3.31. The summed E-state index contributed by atoms with van der Waals surface area (Å²) >= 11 is 0. The molecule has 2 aromatic carbocycles. The second-order valence-electron chi connectivity index (χ2n) is 7.46. The second-order valence-corrected chi connectivity index (χ2v) is 9.40. The Morgan fingerprint density at radius 1 is 1.18 bits per heavy atom. The first-order valence-electron chi connectivity index (χ1n) is 10.5. The maximum Gasteiger partial charge on any atom is 0.293 e. The molecule has 0 aliphatic heterocycles. The van der Waals surface area contributed by atoms with Crippen LogP contribution in [0.5, 0.6) is 0 Å². The zero-order chi connectivity index (χ0) is 24.3. The molecule has 1 unspecified atom stereocenters. The minimum absolute atomic E-state index is 0.128. The number of anilines is 1. The number of benzene rings is 2. The summed E-state index contributed by atoms with van der Waals surface area (Å²) in [5.41, 5.74) is 2.11. The first kappa shape index (κ1) is 24.3. The summed E-state index contributed by atoms with van der Waals surface area (Å²) < 4.78 is 41.7. The van der Waals surface area contributed by atoms with Crippen molar-refractivity contribution in [2.75, 3.05) is 18.4 Å². The normalized spacial score (nSPS) is 12.7. The molecule has 1 heterocycles. The number of hydrogen-bond acceptors (Lipinski definition) is 6. The highest BCUT2D eigenvalue weighted by Crippen LogP contribution is 2.32. The molecule has 0 saturated carbocycles. The Morgan fingerprint density at radius 3 is 2.39 bits per heavy atom. The number of halogens is 1. The quantitative estimate of drug-likeness (QED) is 0.362. The molecule has 176 valence electrons. The number of nitro benzene ring substituents is 1. The molecule has 0 amide bonds. The highest BCUT2D eigenvalue weighted by Gasteiger charge is 2.26. The van der Waals surface area contributed by atoms with Crippen LogP contribution in [0.3, 0.4) is 0 Å². The lowest BCUT2D eigenvalue weighted by atomic mass is 10.1. The van der Waals surface area contributed by atoms with E-state index >= 15 is 0 Å². The Labute approximate surface area is 192 Å². The van der Waals surface area contributed by atoms with Crippen molar-refractivity contribution in [3.63, 3.8) is 0 Å². The maximum absolute atomic E-state index is 13.2. The fourth-order valence-electron chi connectivity index (χ4n) is 3.66. The molecule has 0 spiro atoms. The van der Waals surface area contributed by atoms with Crippen LogP contribution in [0.15, 0.2) is 53.6 Å². The van der Waals surface area contributed by atoms with Crippen molar-refractivity contribution in [1.82, 2.24) is 14.1 Å². The lowest BCUT2D eigenvalue weighted by Crippen LogP contribution is -2.30. The zero-order valence-electron chi connectivity index (χ0n) is 18.8. The van der Waals surface area contributed by atoms with E-state index in [1.54, 1.807) is 36.9 Å². The molecule has 33 heavy (non-hydrogen) atoms. The van der Waals surface area contributed by atoms with Gasteiger partial charge in [-0.25, -0.2) is 17.5 Å². The molecular formula is C22H26FN5O4S.